The minimum atomic E-state index is 1.08. The lowest BCUT2D eigenvalue weighted by molar-refractivity contribution is 0.160. The average Bonchev–Trinajstić information content (AvgIpc) is 2.71. The van der Waals surface area contributed by atoms with E-state index < -0.39 is 0 Å². The highest BCUT2D eigenvalue weighted by Gasteiger charge is 2.38. The minimum absolute atomic E-state index is 1.08. The number of unbranched alkanes of at least 4 members (excludes halogenated alkanes) is 1. The predicted molar refractivity (Wildman–Crippen MR) is 57.6 cm³/mol. The monoisotopic (exact) mass is 180 g/mol. The van der Waals surface area contributed by atoms with Gasteiger partial charge in [0.25, 0.3) is 0 Å². The Hall–Kier alpha value is 0. The van der Waals surface area contributed by atoms with E-state index in [4.69, 9.17) is 0 Å². The van der Waals surface area contributed by atoms with Gasteiger partial charge in [-0.25, -0.2) is 0 Å². The molecular weight excluding hydrogens is 156 g/mol. The van der Waals surface area contributed by atoms with Crippen molar-refractivity contribution in [2.24, 2.45) is 23.7 Å². The maximum Gasteiger partial charge on any atom is -0.0383 e. The van der Waals surface area contributed by atoms with Crippen molar-refractivity contribution in [2.45, 2.75) is 58.8 Å². The molecule has 2 aliphatic rings. The van der Waals surface area contributed by atoms with Crippen LogP contribution in [0.4, 0.5) is 0 Å². The van der Waals surface area contributed by atoms with Crippen LogP contribution in [0.15, 0.2) is 0 Å². The van der Waals surface area contributed by atoms with E-state index in [2.05, 4.69) is 13.8 Å². The van der Waals surface area contributed by atoms with Crippen molar-refractivity contribution in [2.75, 3.05) is 0 Å². The van der Waals surface area contributed by atoms with E-state index in [0.29, 0.717) is 0 Å². The Labute approximate surface area is 83.1 Å². The van der Waals surface area contributed by atoms with Crippen molar-refractivity contribution < 1.29 is 0 Å². The summed E-state index contributed by atoms with van der Waals surface area (Å²) in [6.07, 6.45) is 10.6. The summed E-state index contributed by atoms with van der Waals surface area (Å²) in [4.78, 5) is 0. The van der Waals surface area contributed by atoms with E-state index in [1.54, 1.807) is 19.3 Å². The maximum absolute atomic E-state index is 2.41. The normalized spacial score (nSPS) is 42.9. The molecule has 0 bridgehead atoms. The van der Waals surface area contributed by atoms with Gasteiger partial charge in [0.15, 0.2) is 0 Å². The second-order valence-electron chi connectivity index (χ2n) is 5.55. The van der Waals surface area contributed by atoms with Crippen LogP contribution in [0, 0.1) is 23.7 Å². The Balaban J connectivity index is 1.52. The molecular formula is C13H24. The van der Waals surface area contributed by atoms with Gasteiger partial charge >= 0.3 is 0 Å². The number of rotatable bonds is 5. The van der Waals surface area contributed by atoms with Crippen molar-refractivity contribution in [3.63, 3.8) is 0 Å². The Kier molecular flexibility index (Phi) is 2.96. The maximum atomic E-state index is 2.41. The molecule has 0 N–H and O–H groups in total. The van der Waals surface area contributed by atoms with Gasteiger partial charge in [-0.15, -0.1) is 0 Å². The molecule has 0 aromatic carbocycles. The summed E-state index contributed by atoms with van der Waals surface area (Å²) in [5, 5.41) is 0. The van der Waals surface area contributed by atoms with Crippen molar-refractivity contribution in [3.8, 4) is 0 Å². The fourth-order valence-electron chi connectivity index (χ4n) is 2.95. The highest BCUT2D eigenvalue weighted by Crippen LogP contribution is 2.49. The van der Waals surface area contributed by atoms with Crippen LogP contribution >= 0.6 is 0 Å². The zero-order valence-electron chi connectivity index (χ0n) is 9.26. The van der Waals surface area contributed by atoms with Crippen molar-refractivity contribution in [3.05, 3.63) is 0 Å². The largest absolute Gasteiger partial charge is 0.0654 e. The van der Waals surface area contributed by atoms with E-state index >= 15 is 0 Å². The van der Waals surface area contributed by atoms with E-state index in [-0.39, 0.29) is 0 Å². The first-order valence-electron chi connectivity index (χ1n) is 6.29. The summed E-state index contributed by atoms with van der Waals surface area (Å²) in [7, 11) is 0. The molecule has 2 saturated carbocycles. The Morgan fingerprint density at radius 1 is 1.08 bits per heavy atom. The second-order valence-corrected chi connectivity index (χ2v) is 5.55. The first-order valence-corrected chi connectivity index (χ1v) is 6.29. The number of hydrogen-bond acceptors (Lipinski definition) is 0. The standard InChI is InChI=1S/C13H24/c1-3-4-5-11-7-12(8-11)9-13-6-10(13)2/h10-13H,3-9H2,1-2H3. The lowest BCUT2D eigenvalue weighted by Gasteiger charge is -2.35. The van der Waals surface area contributed by atoms with Crippen LogP contribution in [0.3, 0.4) is 0 Å². The molecule has 0 aliphatic heterocycles. The highest BCUT2D eigenvalue weighted by molar-refractivity contribution is 4.89. The summed E-state index contributed by atoms with van der Waals surface area (Å²) in [6, 6.07) is 0. The zero-order chi connectivity index (χ0) is 9.26. The molecule has 0 spiro atoms. The van der Waals surface area contributed by atoms with Crippen molar-refractivity contribution >= 4 is 0 Å². The van der Waals surface area contributed by atoms with Gasteiger partial charge < -0.3 is 0 Å². The minimum Gasteiger partial charge on any atom is -0.0654 e. The van der Waals surface area contributed by atoms with E-state index in [1.807, 2.05) is 0 Å². The molecule has 2 rings (SSSR count). The van der Waals surface area contributed by atoms with Gasteiger partial charge in [-0.3, -0.25) is 0 Å². The van der Waals surface area contributed by atoms with Crippen LogP contribution in [0.2, 0.25) is 0 Å². The Bertz CT molecular complexity index is 155. The highest BCUT2D eigenvalue weighted by atomic mass is 14.4. The fraction of sp³-hybridized carbons (Fsp3) is 1.00. The molecule has 2 aliphatic carbocycles. The SMILES string of the molecule is CCCCC1CC(CC2CC2C)C1. The lowest BCUT2D eigenvalue weighted by atomic mass is 9.70. The van der Waals surface area contributed by atoms with Crippen molar-refractivity contribution in [1.29, 1.82) is 0 Å². The van der Waals surface area contributed by atoms with Gasteiger partial charge in [0.2, 0.25) is 0 Å². The van der Waals surface area contributed by atoms with Crippen LogP contribution in [0.25, 0.3) is 0 Å². The first-order chi connectivity index (χ1) is 6.29. The summed E-state index contributed by atoms with van der Waals surface area (Å²) >= 11 is 0. The lowest BCUT2D eigenvalue weighted by Crippen LogP contribution is -2.24. The average molecular weight is 180 g/mol. The molecule has 2 fully saturated rings. The topological polar surface area (TPSA) is 0 Å². The third-order valence-corrected chi connectivity index (χ3v) is 4.21. The molecule has 0 saturated heterocycles. The van der Waals surface area contributed by atoms with Gasteiger partial charge in [-0.2, -0.15) is 0 Å². The molecule has 0 amide bonds. The Morgan fingerprint density at radius 2 is 1.77 bits per heavy atom. The van der Waals surface area contributed by atoms with Gasteiger partial charge in [-0.1, -0.05) is 33.1 Å². The van der Waals surface area contributed by atoms with Crippen LogP contribution in [-0.4, -0.2) is 0 Å². The molecule has 0 nitrogen and oxygen atoms in total. The molecule has 76 valence electrons. The summed E-state index contributed by atoms with van der Waals surface area (Å²) in [5.41, 5.74) is 0. The van der Waals surface area contributed by atoms with E-state index in [1.165, 1.54) is 25.7 Å². The summed E-state index contributed by atoms with van der Waals surface area (Å²) < 4.78 is 0. The van der Waals surface area contributed by atoms with Gasteiger partial charge in [0.1, 0.15) is 0 Å². The number of hydrogen-bond donors (Lipinski definition) is 0. The quantitative estimate of drug-likeness (QED) is 0.593. The third kappa shape index (κ3) is 2.48. The zero-order valence-corrected chi connectivity index (χ0v) is 9.26. The fourth-order valence-corrected chi connectivity index (χ4v) is 2.95. The third-order valence-electron chi connectivity index (χ3n) is 4.21. The van der Waals surface area contributed by atoms with Gasteiger partial charge in [-0.05, 0) is 49.4 Å². The van der Waals surface area contributed by atoms with E-state index in [0.717, 1.165) is 23.7 Å². The molecule has 0 radical (unpaired) electrons. The van der Waals surface area contributed by atoms with Crippen LogP contribution in [-0.2, 0) is 0 Å². The predicted octanol–water partition coefficient (Wildman–Crippen LogP) is 4.25. The van der Waals surface area contributed by atoms with Crippen molar-refractivity contribution in [1.82, 2.24) is 0 Å². The molecule has 2 atom stereocenters. The molecule has 2 unspecified atom stereocenters. The molecule has 0 aromatic heterocycles. The second kappa shape index (κ2) is 4.02. The molecule has 0 heterocycles. The first kappa shape index (κ1) is 9.55. The van der Waals surface area contributed by atoms with Gasteiger partial charge in [0.05, 0.1) is 0 Å². The van der Waals surface area contributed by atoms with E-state index in [9.17, 15) is 0 Å². The van der Waals surface area contributed by atoms with Crippen LogP contribution in [0.5, 0.6) is 0 Å². The molecule has 0 aromatic rings. The van der Waals surface area contributed by atoms with Gasteiger partial charge in [0, 0.05) is 0 Å². The summed E-state index contributed by atoms with van der Waals surface area (Å²) in [5.74, 6) is 4.47. The molecule has 0 heteroatoms. The smallest absolute Gasteiger partial charge is 0.0383 e. The molecule has 13 heavy (non-hydrogen) atoms. The van der Waals surface area contributed by atoms with Crippen LogP contribution < -0.4 is 0 Å². The van der Waals surface area contributed by atoms with Crippen LogP contribution in [0.1, 0.15) is 58.8 Å². The Morgan fingerprint density at radius 3 is 2.31 bits per heavy atom. The summed E-state index contributed by atoms with van der Waals surface area (Å²) in [6.45, 7) is 4.72.